The summed E-state index contributed by atoms with van der Waals surface area (Å²) >= 11 is 13.0. The van der Waals surface area contributed by atoms with Crippen LogP contribution in [0.5, 0.6) is 11.5 Å². The maximum atomic E-state index is 13.8. The monoisotopic (exact) mass is 556 g/mol. The lowest BCUT2D eigenvalue weighted by Gasteiger charge is -2.32. The van der Waals surface area contributed by atoms with Crippen LogP contribution in [0.25, 0.3) is 0 Å². The van der Waals surface area contributed by atoms with Gasteiger partial charge >= 0.3 is 0 Å². The number of hydrogen-bond donors (Lipinski definition) is 1. The van der Waals surface area contributed by atoms with Crippen molar-refractivity contribution in [1.82, 2.24) is 10.2 Å². The van der Waals surface area contributed by atoms with Crippen LogP contribution in [0, 0.1) is 0 Å². The molecule has 3 aromatic rings. The summed E-state index contributed by atoms with van der Waals surface area (Å²) in [7, 11) is 3.15. The summed E-state index contributed by atoms with van der Waals surface area (Å²) in [5.41, 5.74) is 2.48. The number of amides is 2. The van der Waals surface area contributed by atoms with Crippen molar-refractivity contribution >= 4 is 35.0 Å². The molecule has 0 spiro atoms. The topological polar surface area (TPSA) is 67.9 Å². The lowest BCUT2D eigenvalue weighted by molar-refractivity contribution is -0.141. The maximum Gasteiger partial charge on any atom is 0.243 e. The van der Waals surface area contributed by atoms with Crippen molar-refractivity contribution in [2.75, 3.05) is 20.8 Å². The van der Waals surface area contributed by atoms with Gasteiger partial charge in [-0.15, -0.1) is 0 Å². The number of nitrogens with zero attached hydrogens (tertiary/aromatic N) is 1. The van der Waals surface area contributed by atoms with Gasteiger partial charge in [-0.05, 0) is 48.2 Å². The Labute approximate surface area is 234 Å². The SMILES string of the molecule is CCCNC(=O)[C@@H](Cc1ccccc1)N(Cc1c(Cl)cccc1Cl)C(=O)CCc1ccc(OC)c(OC)c1. The van der Waals surface area contributed by atoms with Crippen molar-refractivity contribution in [2.24, 2.45) is 0 Å². The molecule has 0 fully saturated rings. The highest BCUT2D eigenvalue weighted by molar-refractivity contribution is 6.36. The van der Waals surface area contributed by atoms with Crippen LogP contribution in [0.4, 0.5) is 0 Å². The van der Waals surface area contributed by atoms with E-state index in [2.05, 4.69) is 5.32 Å². The van der Waals surface area contributed by atoms with Gasteiger partial charge in [0.15, 0.2) is 11.5 Å². The normalized spacial score (nSPS) is 11.5. The Morgan fingerprint density at radius 1 is 0.895 bits per heavy atom. The lowest BCUT2D eigenvalue weighted by Crippen LogP contribution is -2.50. The summed E-state index contributed by atoms with van der Waals surface area (Å²) in [6.07, 6.45) is 1.79. The van der Waals surface area contributed by atoms with Gasteiger partial charge in [-0.25, -0.2) is 0 Å². The molecule has 6 nitrogen and oxygen atoms in total. The minimum absolute atomic E-state index is 0.111. The average Bonchev–Trinajstić information content (AvgIpc) is 2.93. The Bertz CT molecular complexity index is 1200. The van der Waals surface area contributed by atoms with Gasteiger partial charge in [0.05, 0.1) is 14.2 Å². The van der Waals surface area contributed by atoms with E-state index < -0.39 is 6.04 Å². The summed E-state index contributed by atoms with van der Waals surface area (Å²) in [5, 5.41) is 3.87. The number of rotatable bonds is 13. The fraction of sp³-hybridized carbons (Fsp3) is 0.333. The summed E-state index contributed by atoms with van der Waals surface area (Å²) in [4.78, 5) is 28.9. The zero-order valence-electron chi connectivity index (χ0n) is 22.0. The van der Waals surface area contributed by atoms with Crippen LogP contribution in [0.1, 0.15) is 36.5 Å². The maximum absolute atomic E-state index is 13.8. The standard InChI is InChI=1S/C30H34Cl2N2O4/c1-4-17-33-30(36)26(18-21-9-6-5-7-10-21)34(20-23-24(31)11-8-12-25(23)32)29(35)16-14-22-13-15-27(37-2)28(19-22)38-3/h5-13,15,19,26H,4,14,16-18,20H2,1-3H3,(H,33,36)/t26-/m1/s1. The number of nitrogens with one attached hydrogen (secondary N) is 1. The first-order valence-corrected chi connectivity index (χ1v) is 13.4. The number of methoxy groups -OCH3 is 2. The Kier molecular flexibility index (Phi) is 11.3. The van der Waals surface area contributed by atoms with Crippen LogP contribution in [-0.4, -0.2) is 43.5 Å². The summed E-state index contributed by atoms with van der Waals surface area (Å²) in [6, 6.07) is 19.7. The summed E-state index contributed by atoms with van der Waals surface area (Å²) in [6.45, 7) is 2.62. The highest BCUT2D eigenvalue weighted by Gasteiger charge is 2.31. The first-order chi connectivity index (χ1) is 18.4. The molecule has 0 unspecified atom stereocenters. The van der Waals surface area contributed by atoms with Gasteiger partial charge in [0.2, 0.25) is 11.8 Å². The molecule has 0 saturated carbocycles. The first kappa shape index (κ1) is 29.3. The number of benzene rings is 3. The van der Waals surface area contributed by atoms with Crippen LogP contribution in [0.3, 0.4) is 0 Å². The molecular formula is C30H34Cl2N2O4. The van der Waals surface area contributed by atoms with Crippen molar-refractivity contribution < 1.29 is 19.1 Å². The molecule has 3 aromatic carbocycles. The van der Waals surface area contributed by atoms with Crippen molar-refractivity contribution in [3.63, 3.8) is 0 Å². The number of aryl methyl sites for hydroxylation is 1. The molecule has 0 radical (unpaired) electrons. The van der Waals surface area contributed by atoms with E-state index in [1.54, 1.807) is 37.3 Å². The van der Waals surface area contributed by atoms with E-state index in [9.17, 15) is 9.59 Å². The van der Waals surface area contributed by atoms with E-state index in [4.69, 9.17) is 32.7 Å². The van der Waals surface area contributed by atoms with Gasteiger partial charge in [-0.3, -0.25) is 9.59 Å². The summed E-state index contributed by atoms with van der Waals surface area (Å²) in [5.74, 6) is 0.827. The van der Waals surface area contributed by atoms with Crippen LogP contribution in [0.2, 0.25) is 10.0 Å². The molecule has 2 amide bonds. The Morgan fingerprint density at radius 2 is 1.58 bits per heavy atom. The number of ether oxygens (including phenoxy) is 2. The van der Waals surface area contributed by atoms with Crippen molar-refractivity contribution in [3.05, 3.63) is 93.5 Å². The van der Waals surface area contributed by atoms with Gasteiger partial charge in [0.25, 0.3) is 0 Å². The molecule has 3 rings (SSSR count). The van der Waals surface area contributed by atoms with Gasteiger partial charge in [0, 0.05) is 41.5 Å². The van der Waals surface area contributed by atoms with E-state index in [-0.39, 0.29) is 24.8 Å². The van der Waals surface area contributed by atoms with Gasteiger partial charge in [-0.2, -0.15) is 0 Å². The number of hydrogen-bond acceptors (Lipinski definition) is 4. The van der Waals surface area contributed by atoms with E-state index in [1.807, 2.05) is 55.5 Å². The lowest BCUT2D eigenvalue weighted by atomic mass is 10.0. The van der Waals surface area contributed by atoms with E-state index in [0.717, 1.165) is 17.5 Å². The van der Waals surface area contributed by atoms with Crippen LogP contribution in [0.15, 0.2) is 66.7 Å². The third-order valence-corrected chi connectivity index (χ3v) is 6.99. The zero-order chi connectivity index (χ0) is 27.5. The zero-order valence-corrected chi connectivity index (χ0v) is 23.5. The number of carbonyl (C=O) groups is 2. The van der Waals surface area contributed by atoms with Crippen LogP contribution >= 0.6 is 23.2 Å². The molecule has 202 valence electrons. The molecule has 38 heavy (non-hydrogen) atoms. The van der Waals surface area contributed by atoms with Crippen molar-refractivity contribution in [2.45, 2.75) is 45.2 Å². The van der Waals surface area contributed by atoms with Gasteiger partial charge < -0.3 is 19.7 Å². The second-order valence-corrected chi connectivity index (χ2v) is 9.72. The molecule has 0 aliphatic rings. The van der Waals surface area contributed by atoms with Gasteiger partial charge in [-0.1, -0.05) is 72.6 Å². The molecule has 0 saturated heterocycles. The smallest absolute Gasteiger partial charge is 0.243 e. The highest BCUT2D eigenvalue weighted by atomic mass is 35.5. The minimum Gasteiger partial charge on any atom is -0.493 e. The second-order valence-electron chi connectivity index (χ2n) is 8.91. The molecule has 0 aliphatic carbocycles. The molecule has 0 aliphatic heterocycles. The highest BCUT2D eigenvalue weighted by Crippen LogP contribution is 2.29. The predicted molar refractivity (Wildman–Crippen MR) is 152 cm³/mol. The predicted octanol–water partition coefficient (Wildman–Crippen LogP) is 6.11. The van der Waals surface area contributed by atoms with E-state index in [0.29, 0.717) is 46.5 Å². The molecule has 0 heterocycles. The Balaban J connectivity index is 1.94. The average molecular weight is 558 g/mol. The first-order valence-electron chi connectivity index (χ1n) is 12.6. The quantitative estimate of drug-likeness (QED) is 0.276. The summed E-state index contributed by atoms with van der Waals surface area (Å²) < 4.78 is 10.7. The molecular weight excluding hydrogens is 523 g/mol. The largest absolute Gasteiger partial charge is 0.493 e. The molecule has 1 N–H and O–H groups in total. The third kappa shape index (κ3) is 7.89. The second kappa shape index (κ2) is 14.6. The fourth-order valence-corrected chi connectivity index (χ4v) is 4.72. The van der Waals surface area contributed by atoms with Crippen LogP contribution < -0.4 is 14.8 Å². The molecule has 8 heteroatoms. The fourth-order valence-electron chi connectivity index (χ4n) is 4.20. The molecule has 1 atom stereocenters. The van der Waals surface area contributed by atoms with E-state index in [1.165, 1.54) is 0 Å². The third-order valence-electron chi connectivity index (χ3n) is 6.29. The van der Waals surface area contributed by atoms with Gasteiger partial charge in [0.1, 0.15) is 6.04 Å². The number of carbonyl (C=O) groups excluding carboxylic acids is 2. The van der Waals surface area contributed by atoms with Crippen LogP contribution in [-0.2, 0) is 29.0 Å². The van der Waals surface area contributed by atoms with E-state index >= 15 is 0 Å². The minimum atomic E-state index is -0.741. The van der Waals surface area contributed by atoms with Crippen molar-refractivity contribution in [3.8, 4) is 11.5 Å². The van der Waals surface area contributed by atoms with Crippen molar-refractivity contribution in [1.29, 1.82) is 0 Å². The molecule has 0 bridgehead atoms. The Morgan fingerprint density at radius 3 is 2.21 bits per heavy atom. The molecule has 0 aromatic heterocycles. The Hall–Kier alpha value is -3.22. The number of halogens is 2.